The molecule has 1 N–H and O–H groups in total. The standard InChI is InChI=1S/C21H28FN5/c1-16-6-10-26(13-19(16)27-11-9-24-15-27)20(23-2)25-14-21(7-8-21)17-4-3-5-18(22)12-17/h3-5,9,11-12,15-16,19H,6-8,10,13-14H2,1-2H3,(H,23,25). The Hall–Kier alpha value is -2.37. The van der Waals surface area contributed by atoms with Crippen LogP contribution in [-0.4, -0.2) is 47.1 Å². The molecule has 1 aromatic heterocycles. The minimum absolute atomic E-state index is 0.0465. The van der Waals surface area contributed by atoms with Gasteiger partial charge in [-0.15, -0.1) is 0 Å². The van der Waals surface area contributed by atoms with Gasteiger partial charge in [0.2, 0.25) is 0 Å². The van der Waals surface area contributed by atoms with Crippen molar-refractivity contribution in [1.82, 2.24) is 19.8 Å². The van der Waals surface area contributed by atoms with Crippen LogP contribution in [0.2, 0.25) is 0 Å². The minimum Gasteiger partial charge on any atom is -0.355 e. The van der Waals surface area contributed by atoms with Crippen LogP contribution < -0.4 is 5.32 Å². The molecule has 0 amide bonds. The van der Waals surface area contributed by atoms with E-state index in [0.29, 0.717) is 12.0 Å². The number of aliphatic imine (C=N–C) groups is 1. The molecule has 2 atom stereocenters. The highest BCUT2D eigenvalue weighted by Gasteiger charge is 2.44. The summed E-state index contributed by atoms with van der Waals surface area (Å²) >= 11 is 0. The van der Waals surface area contributed by atoms with Gasteiger partial charge in [-0.1, -0.05) is 19.1 Å². The third kappa shape index (κ3) is 3.70. The summed E-state index contributed by atoms with van der Waals surface area (Å²) in [5.74, 6) is 1.39. The molecule has 1 saturated carbocycles. The van der Waals surface area contributed by atoms with E-state index < -0.39 is 0 Å². The number of likely N-dealkylation sites (tertiary alicyclic amines) is 1. The molecule has 1 saturated heterocycles. The second kappa shape index (κ2) is 7.33. The summed E-state index contributed by atoms with van der Waals surface area (Å²) in [6.45, 7) is 5.02. The van der Waals surface area contributed by atoms with E-state index in [-0.39, 0.29) is 11.2 Å². The first-order chi connectivity index (χ1) is 13.1. The zero-order valence-electron chi connectivity index (χ0n) is 16.1. The molecule has 5 nitrogen and oxygen atoms in total. The lowest BCUT2D eigenvalue weighted by Crippen LogP contribution is -2.50. The number of benzene rings is 1. The molecular weight excluding hydrogens is 341 g/mol. The molecule has 2 unspecified atom stereocenters. The summed E-state index contributed by atoms with van der Waals surface area (Å²) in [6.07, 6.45) is 9.10. The molecule has 144 valence electrons. The van der Waals surface area contributed by atoms with Crippen molar-refractivity contribution >= 4 is 5.96 Å². The van der Waals surface area contributed by atoms with Crippen LogP contribution in [0.5, 0.6) is 0 Å². The van der Waals surface area contributed by atoms with Gasteiger partial charge in [0.15, 0.2) is 5.96 Å². The fraction of sp³-hybridized carbons (Fsp3) is 0.524. The molecule has 2 aromatic rings. The monoisotopic (exact) mass is 369 g/mol. The number of rotatable bonds is 4. The second-order valence-electron chi connectivity index (χ2n) is 7.98. The Kier molecular flexibility index (Phi) is 4.89. The first kappa shape index (κ1) is 18.0. The first-order valence-corrected chi connectivity index (χ1v) is 9.80. The zero-order valence-corrected chi connectivity index (χ0v) is 16.1. The van der Waals surface area contributed by atoms with Crippen LogP contribution in [0.15, 0.2) is 48.0 Å². The summed E-state index contributed by atoms with van der Waals surface area (Å²) in [4.78, 5) is 11.1. The summed E-state index contributed by atoms with van der Waals surface area (Å²) in [5, 5.41) is 3.57. The van der Waals surface area contributed by atoms with Crippen LogP contribution in [0.1, 0.15) is 37.8 Å². The van der Waals surface area contributed by atoms with Crippen molar-refractivity contribution in [2.75, 3.05) is 26.7 Å². The molecule has 1 aromatic carbocycles. The average molecular weight is 369 g/mol. The van der Waals surface area contributed by atoms with E-state index in [1.165, 1.54) is 6.07 Å². The van der Waals surface area contributed by atoms with Gasteiger partial charge in [-0.25, -0.2) is 9.37 Å². The fourth-order valence-electron chi connectivity index (χ4n) is 4.21. The molecule has 4 rings (SSSR count). The van der Waals surface area contributed by atoms with Crippen LogP contribution in [0.25, 0.3) is 0 Å². The molecule has 27 heavy (non-hydrogen) atoms. The number of nitrogens with zero attached hydrogens (tertiary/aromatic N) is 4. The highest BCUT2D eigenvalue weighted by atomic mass is 19.1. The van der Waals surface area contributed by atoms with Crippen molar-refractivity contribution < 1.29 is 4.39 Å². The Morgan fingerprint density at radius 2 is 2.26 bits per heavy atom. The normalized spacial score (nSPS) is 24.7. The lowest BCUT2D eigenvalue weighted by Gasteiger charge is -2.39. The van der Waals surface area contributed by atoms with Gasteiger partial charge < -0.3 is 14.8 Å². The lowest BCUT2D eigenvalue weighted by atomic mass is 9.93. The number of guanidine groups is 1. The maximum atomic E-state index is 13.6. The Bertz CT molecular complexity index is 797. The number of hydrogen-bond acceptors (Lipinski definition) is 2. The van der Waals surface area contributed by atoms with Gasteiger partial charge in [-0.3, -0.25) is 4.99 Å². The minimum atomic E-state index is -0.156. The molecule has 2 fully saturated rings. The summed E-state index contributed by atoms with van der Waals surface area (Å²) < 4.78 is 15.8. The number of halogens is 1. The Balaban J connectivity index is 1.42. The lowest BCUT2D eigenvalue weighted by molar-refractivity contribution is 0.189. The average Bonchev–Trinajstić information content (AvgIpc) is 3.27. The highest BCUT2D eigenvalue weighted by molar-refractivity contribution is 5.80. The van der Waals surface area contributed by atoms with E-state index in [0.717, 1.165) is 50.4 Å². The van der Waals surface area contributed by atoms with E-state index in [1.807, 2.05) is 31.8 Å². The molecule has 0 spiro atoms. The van der Waals surface area contributed by atoms with Crippen LogP contribution in [0.4, 0.5) is 4.39 Å². The van der Waals surface area contributed by atoms with Crippen LogP contribution >= 0.6 is 0 Å². The van der Waals surface area contributed by atoms with Gasteiger partial charge in [0.1, 0.15) is 5.82 Å². The van der Waals surface area contributed by atoms with Gasteiger partial charge in [0, 0.05) is 44.5 Å². The summed E-state index contributed by atoms with van der Waals surface area (Å²) in [5.41, 5.74) is 1.14. The van der Waals surface area contributed by atoms with E-state index in [2.05, 4.69) is 31.7 Å². The molecule has 1 aliphatic heterocycles. The summed E-state index contributed by atoms with van der Waals surface area (Å²) in [7, 11) is 1.84. The number of aromatic nitrogens is 2. The maximum Gasteiger partial charge on any atom is 0.193 e. The zero-order chi connectivity index (χ0) is 18.9. The number of piperidine rings is 1. The Morgan fingerprint density at radius 1 is 1.41 bits per heavy atom. The number of imidazole rings is 1. The molecule has 2 aliphatic rings. The molecule has 0 bridgehead atoms. The van der Waals surface area contributed by atoms with Crippen molar-refractivity contribution in [3.63, 3.8) is 0 Å². The predicted molar refractivity (Wildman–Crippen MR) is 105 cm³/mol. The van der Waals surface area contributed by atoms with Gasteiger partial charge in [0.25, 0.3) is 0 Å². The number of nitrogens with one attached hydrogen (secondary N) is 1. The molecule has 1 aliphatic carbocycles. The van der Waals surface area contributed by atoms with Gasteiger partial charge in [-0.2, -0.15) is 0 Å². The second-order valence-corrected chi connectivity index (χ2v) is 7.98. The van der Waals surface area contributed by atoms with Crippen LogP contribution in [-0.2, 0) is 5.41 Å². The summed E-state index contributed by atoms with van der Waals surface area (Å²) in [6, 6.07) is 7.43. The maximum absolute atomic E-state index is 13.6. The Labute approximate surface area is 160 Å². The quantitative estimate of drug-likeness (QED) is 0.665. The molecular formula is C21H28FN5. The van der Waals surface area contributed by atoms with E-state index in [4.69, 9.17) is 0 Å². The smallest absolute Gasteiger partial charge is 0.193 e. The highest BCUT2D eigenvalue weighted by Crippen LogP contribution is 2.47. The fourth-order valence-corrected chi connectivity index (χ4v) is 4.21. The molecule has 2 heterocycles. The van der Waals surface area contributed by atoms with Gasteiger partial charge >= 0.3 is 0 Å². The topological polar surface area (TPSA) is 45.5 Å². The van der Waals surface area contributed by atoms with E-state index in [1.54, 1.807) is 12.1 Å². The van der Waals surface area contributed by atoms with Crippen molar-refractivity contribution in [3.05, 3.63) is 54.4 Å². The Morgan fingerprint density at radius 3 is 2.93 bits per heavy atom. The first-order valence-electron chi connectivity index (χ1n) is 9.80. The van der Waals surface area contributed by atoms with Crippen molar-refractivity contribution in [2.24, 2.45) is 10.9 Å². The largest absolute Gasteiger partial charge is 0.355 e. The van der Waals surface area contributed by atoms with Crippen molar-refractivity contribution in [3.8, 4) is 0 Å². The van der Waals surface area contributed by atoms with Crippen molar-refractivity contribution in [1.29, 1.82) is 0 Å². The molecule has 0 radical (unpaired) electrons. The van der Waals surface area contributed by atoms with E-state index in [9.17, 15) is 4.39 Å². The van der Waals surface area contributed by atoms with Gasteiger partial charge in [-0.05, 0) is 42.9 Å². The van der Waals surface area contributed by atoms with Crippen molar-refractivity contribution in [2.45, 2.75) is 37.6 Å². The SMILES string of the molecule is CN=C(NCC1(c2cccc(F)c2)CC1)N1CCC(C)C(n2ccnc2)C1. The third-order valence-corrected chi connectivity index (χ3v) is 6.21. The van der Waals surface area contributed by atoms with Crippen LogP contribution in [0.3, 0.4) is 0 Å². The number of hydrogen-bond donors (Lipinski definition) is 1. The third-order valence-electron chi connectivity index (χ3n) is 6.21. The van der Waals surface area contributed by atoms with Crippen LogP contribution in [0, 0.1) is 11.7 Å². The molecule has 6 heteroatoms. The predicted octanol–water partition coefficient (Wildman–Crippen LogP) is 3.21. The van der Waals surface area contributed by atoms with Gasteiger partial charge in [0.05, 0.1) is 12.4 Å². The van der Waals surface area contributed by atoms with E-state index >= 15 is 0 Å².